The van der Waals surface area contributed by atoms with Crippen LogP contribution in [0.4, 0.5) is 5.82 Å². The molecule has 2 unspecified atom stereocenters. The summed E-state index contributed by atoms with van der Waals surface area (Å²) in [5.41, 5.74) is 4.40. The molecule has 4 aliphatic rings. The summed E-state index contributed by atoms with van der Waals surface area (Å²) in [6.07, 6.45) is 10.9. The second kappa shape index (κ2) is 10.6. The Kier molecular flexibility index (Phi) is 6.69. The first-order valence-electron chi connectivity index (χ1n) is 13.8. The van der Waals surface area contributed by atoms with E-state index in [0.717, 1.165) is 72.2 Å². The lowest BCUT2D eigenvalue weighted by Crippen LogP contribution is -2.68. The van der Waals surface area contributed by atoms with Gasteiger partial charge in [0.1, 0.15) is 23.7 Å². The Hall–Kier alpha value is -3.81. The standard InChI is InChI=1S/C30H31N7O2S/c1-38-29-5-2-20(13-33-29)16-36-23-10-24(36)18-35(17-23)28-4-3-21(14-32-28)27-11-26(39-25-6-8-40-9-7-25)19-37-30(27)22(12-31)15-34-37/h2-5,11,13-15,19,23-25H,6-10,16-18H2,1H3. The zero-order valence-corrected chi connectivity index (χ0v) is 23.3. The molecule has 0 radical (unpaired) electrons. The molecule has 4 saturated heterocycles. The Morgan fingerprint density at radius 1 is 1.05 bits per heavy atom. The van der Waals surface area contributed by atoms with Crippen molar-refractivity contribution in [1.82, 2.24) is 24.5 Å². The molecule has 40 heavy (non-hydrogen) atoms. The maximum absolute atomic E-state index is 9.74. The van der Waals surface area contributed by atoms with Gasteiger partial charge in [-0.05, 0) is 54.5 Å². The van der Waals surface area contributed by atoms with E-state index in [2.05, 4.69) is 44.2 Å². The van der Waals surface area contributed by atoms with Gasteiger partial charge in [0.15, 0.2) is 0 Å². The average Bonchev–Trinajstić information content (AvgIpc) is 3.43. The summed E-state index contributed by atoms with van der Waals surface area (Å²) in [6.45, 7) is 2.83. The molecule has 0 aliphatic carbocycles. The van der Waals surface area contributed by atoms with E-state index in [-0.39, 0.29) is 6.10 Å². The molecule has 8 rings (SSSR count). The zero-order valence-electron chi connectivity index (χ0n) is 22.4. The van der Waals surface area contributed by atoms with E-state index >= 15 is 0 Å². The number of ether oxygens (including phenoxy) is 2. The SMILES string of the molecule is COc1ccc(CN2C3CC2CN(c2ccc(-c4cc(OC5CCSCC5)cn5ncc(C#N)c45)cn2)C3)cn1. The van der Waals surface area contributed by atoms with Crippen molar-refractivity contribution in [2.75, 3.05) is 36.6 Å². The van der Waals surface area contributed by atoms with E-state index < -0.39 is 0 Å². The van der Waals surface area contributed by atoms with Crippen LogP contribution < -0.4 is 14.4 Å². The van der Waals surface area contributed by atoms with Crippen LogP contribution in [0, 0.1) is 11.3 Å². The van der Waals surface area contributed by atoms with Gasteiger partial charge in [0, 0.05) is 61.3 Å². The van der Waals surface area contributed by atoms with E-state index in [0.29, 0.717) is 23.5 Å². The summed E-state index contributed by atoms with van der Waals surface area (Å²) in [6, 6.07) is 13.6. The van der Waals surface area contributed by atoms with Gasteiger partial charge in [-0.1, -0.05) is 6.07 Å². The summed E-state index contributed by atoms with van der Waals surface area (Å²) < 4.78 is 13.3. The van der Waals surface area contributed by atoms with E-state index in [4.69, 9.17) is 14.5 Å². The molecular weight excluding hydrogens is 522 g/mol. The van der Waals surface area contributed by atoms with E-state index in [1.54, 1.807) is 17.8 Å². The van der Waals surface area contributed by atoms with Gasteiger partial charge in [-0.15, -0.1) is 0 Å². The predicted molar refractivity (Wildman–Crippen MR) is 155 cm³/mol. The van der Waals surface area contributed by atoms with E-state index in [1.807, 2.05) is 42.5 Å². The molecule has 2 atom stereocenters. The molecule has 0 N–H and O–H groups in total. The van der Waals surface area contributed by atoms with Gasteiger partial charge in [0.05, 0.1) is 30.6 Å². The average molecular weight is 554 g/mol. The van der Waals surface area contributed by atoms with Crippen LogP contribution in [0.2, 0.25) is 0 Å². The summed E-state index contributed by atoms with van der Waals surface area (Å²) in [5.74, 6) is 4.66. The van der Waals surface area contributed by atoms with Crippen molar-refractivity contribution in [3.05, 3.63) is 66.2 Å². The number of rotatable bonds is 7. The smallest absolute Gasteiger partial charge is 0.212 e. The van der Waals surface area contributed by atoms with E-state index in [9.17, 15) is 5.26 Å². The monoisotopic (exact) mass is 553 g/mol. The van der Waals surface area contributed by atoms with Crippen molar-refractivity contribution in [1.29, 1.82) is 5.26 Å². The number of methoxy groups -OCH3 is 1. The van der Waals surface area contributed by atoms with Crippen molar-refractivity contribution in [2.24, 2.45) is 0 Å². The van der Waals surface area contributed by atoms with E-state index in [1.165, 1.54) is 12.0 Å². The minimum absolute atomic E-state index is 0.212. The number of piperazine rings is 1. The fourth-order valence-corrected chi connectivity index (χ4v) is 7.21. The number of hydrogen-bond acceptors (Lipinski definition) is 9. The van der Waals surface area contributed by atoms with Crippen LogP contribution in [0.5, 0.6) is 11.6 Å². The normalized spacial score (nSPS) is 21.1. The highest BCUT2D eigenvalue weighted by Gasteiger charge is 2.44. The third-order valence-electron chi connectivity index (χ3n) is 8.28. The Bertz CT molecular complexity index is 1530. The third kappa shape index (κ3) is 4.73. The van der Waals surface area contributed by atoms with Crippen molar-refractivity contribution < 1.29 is 9.47 Å². The number of hydrogen-bond donors (Lipinski definition) is 0. The van der Waals surface area contributed by atoms with Crippen LogP contribution in [-0.2, 0) is 6.54 Å². The number of thioether (sulfide) groups is 1. The Balaban J connectivity index is 1.09. The highest BCUT2D eigenvalue weighted by Crippen LogP contribution is 2.37. The number of piperidine rings is 1. The number of nitrogens with zero attached hydrogens (tertiary/aromatic N) is 7. The minimum Gasteiger partial charge on any atom is -0.489 e. The van der Waals surface area contributed by atoms with Gasteiger partial charge in [0.25, 0.3) is 0 Å². The molecule has 4 aliphatic heterocycles. The number of anilines is 1. The van der Waals surface area contributed by atoms with Crippen LogP contribution in [-0.4, -0.2) is 74.4 Å². The molecule has 2 bridgehead atoms. The van der Waals surface area contributed by atoms with Crippen LogP contribution in [0.1, 0.15) is 30.4 Å². The molecule has 4 fully saturated rings. The summed E-state index contributed by atoms with van der Waals surface area (Å²) in [5, 5.41) is 14.2. The van der Waals surface area contributed by atoms with Crippen molar-refractivity contribution in [3.63, 3.8) is 0 Å². The molecule has 9 nitrogen and oxygen atoms in total. The van der Waals surface area contributed by atoms with Crippen LogP contribution in [0.15, 0.2) is 55.1 Å². The molecule has 8 heterocycles. The first-order valence-corrected chi connectivity index (χ1v) is 15.0. The number of pyridine rings is 3. The fraction of sp³-hybridized carbons (Fsp3) is 0.400. The third-order valence-corrected chi connectivity index (χ3v) is 9.33. The predicted octanol–water partition coefficient (Wildman–Crippen LogP) is 4.41. The lowest BCUT2D eigenvalue weighted by molar-refractivity contribution is -0.00876. The molecule has 4 aromatic heterocycles. The first-order chi connectivity index (χ1) is 19.7. The molecule has 10 heteroatoms. The van der Waals surface area contributed by atoms with Gasteiger partial charge in [-0.3, -0.25) is 4.90 Å². The lowest BCUT2D eigenvalue weighted by atomic mass is 9.87. The molecule has 0 spiro atoms. The molecule has 0 aromatic carbocycles. The Morgan fingerprint density at radius 2 is 1.90 bits per heavy atom. The van der Waals surface area contributed by atoms with Gasteiger partial charge < -0.3 is 14.4 Å². The molecule has 204 valence electrons. The van der Waals surface area contributed by atoms with Gasteiger partial charge >= 0.3 is 0 Å². The van der Waals surface area contributed by atoms with Gasteiger partial charge in [0.2, 0.25) is 5.88 Å². The minimum atomic E-state index is 0.212. The Morgan fingerprint density at radius 3 is 2.60 bits per heavy atom. The number of fused-ring (bicyclic) bond motifs is 3. The maximum atomic E-state index is 9.74. The summed E-state index contributed by atoms with van der Waals surface area (Å²) in [7, 11) is 1.64. The Labute approximate surface area is 237 Å². The van der Waals surface area contributed by atoms with Gasteiger partial charge in [-0.2, -0.15) is 22.1 Å². The lowest BCUT2D eigenvalue weighted by Gasteiger charge is -2.56. The largest absolute Gasteiger partial charge is 0.489 e. The molecule has 0 saturated carbocycles. The first kappa shape index (κ1) is 25.2. The topological polar surface area (TPSA) is 91.8 Å². The van der Waals surface area contributed by atoms with Crippen LogP contribution in [0.25, 0.3) is 16.6 Å². The highest BCUT2D eigenvalue weighted by molar-refractivity contribution is 7.99. The number of nitriles is 1. The van der Waals surface area contributed by atoms with Crippen LogP contribution in [0.3, 0.4) is 0 Å². The fourth-order valence-electron chi connectivity index (χ4n) is 6.15. The maximum Gasteiger partial charge on any atom is 0.212 e. The van der Waals surface area contributed by atoms with Crippen LogP contribution >= 0.6 is 11.8 Å². The van der Waals surface area contributed by atoms with Crippen molar-refractivity contribution in [3.8, 4) is 28.8 Å². The van der Waals surface area contributed by atoms with Crippen molar-refractivity contribution >= 4 is 23.1 Å². The van der Waals surface area contributed by atoms with Gasteiger partial charge in [-0.25, -0.2) is 14.5 Å². The zero-order chi connectivity index (χ0) is 27.1. The quantitative estimate of drug-likeness (QED) is 0.330. The highest BCUT2D eigenvalue weighted by atomic mass is 32.2. The molecule has 0 amide bonds. The molecule has 4 aromatic rings. The summed E-state index contributed by atoms with van der Waals surface area (Å²) in [4.78, 5) is 14.2. The molecular formula is C30H31N7O2S. The number of aromatic nitrogens is 4. The van der Waals surface area contributed by atoms with Crippen molar-refractivity contribution in [2.45, 2.75) is 44.0 Å². The summed E-state index contributed by atoms with van der Waals surface area (Å²) >= 11 is 1.98. The second-order valence-corrected chi connectivity index (χ2v) is 11.9. The second-order valence-electron chi connectivity index (χ2n) is 10.7.